The summed E-state index contributed by atoms with van der Waals surface area (Å²) in [5.41, 5.74) is 0. The molecular formula is C10H16BrN. The van der Waals surface area contributed by atoms with Gasteiger partial charge < -0.3 is 0 Å². The van der Waals surface area contributed by atoms with Crippen LogP contribution in [-0.4, -0.2) is 4.83 Å². The Morgan fingerprint density at radius 2 is 1.83 bits per heavy atom. The molecule has 2 unspecified atom stereocenters. The Hall–Kier alpha value is -0.0300. The van der Waals surface area contributed by atoms with Crippen molar-refractivity contribution in [2.75, 3.05) is 0 Å². The zero-order valence-corrected chi connectivity index (χ0v) is 9.02. The summed E-state index contributed by atoms with van der Waals surface area (Å²) >= 11 is 3.69. The SMILES string of the molecule is N#CCC1CCCCCCC1Br. The Balaban J connectivity index is 2.38. The van der Waals surface area contributed by atoms with E-state index in [0.29, 0.717) is 10.7 Å². The lowest BCUT2D eigenvalue weighted by atomic mass is 9.89. The lowest BCUT2D eigenvalue weighted by Crippen LogP contribution is -2.15. The zero-order valence-electron chi connectivity index (χ0n) is 7.43. The van der Waals surface area contributed by atoms with Gasteiger partial charge in [0, 0.05) is 11.2 Å². The molecule has 1 nitrogen and oxygen atoms in total. The number of nitriles is 1. The molecule has 1 saturated carbocycles. The van der Waals surface area contributed by atoms with E-state index in [0.717, 1.165) is 6.42 Å². The standard InChI is InChI=1S/C10H16BrN/c11-10-6-4-2-1-3-5-9(10)7-8-12/h9-10H,1-7H2. The van der Waals surface area contributed by atoms with Crippen molar-refractivity contribution >= 4 is 15.9 Å². The largest absolute Gasteiger partial charge is 0.198 e. The second-order valence-corrected chi connectivity index (χ2v) is 4.81. The Kier molecular flexibility index (Phi) is 4.68. The molecule has 0 saturated heterocycles. The highest BCUT2D eigenvalue weighted by atomic mass is 79.9. The molecule has 0 amide bonds. The van der Waals surface area contributed by atoms with Crippen molar-refractivity contribution in [3.63, 3.8) is 0 Å². The van der Waals surface area contributed by atoms with E-state index in [4.69, 9.17) is 5.26 Å². The van der Waals surface area contributed by atoms with Gasteiger partial charge in [-0.2, -0.15) is 5.26 Å². The van der Waals surface area contributed by atoms with Crippen molar-refractivity contribution in [1.82, 2.24) is 0 Å². The van der Waals surface area contributed by atoms with E-state index in [1.165, 1.54) is 38.5 Å². The van der Waals surface area contributed by atoms with E-state index in [1.807, 2.05) is 0 Å². The maximum atomic E-state index is 8.63. The molecule has 0 bridgehead atoms. The van der Waals surface area contributed by atoms with Gasteiger partial charge in [-0.1, -0.05) is 41.6 Å². The molecular weight excluding hydrogens is 214 g/mol. The van der Waals surface area contributed by atoms with Crippen LogP contribution < -0.4 is 0 Å². The monoisotopic (exact) mass is 229 g/mol. The summed E-state index contributed by atoms with van der Waals surface area (Å²) in [6.45, 7) is 0. The quantitative estimate of drug-likeness (QED) is 0.631. The van der Waals surface area contributed by atoms with Crippen molar-refractivity contribution in [3.8, 4) is 6.07 Å². The minimum absolute atomic E-state index is 0.595. The van der Waals surface area contributed by atoms with Crippen LogP contribution in [0.5, 0.6) is 0 Å². The lowest BCUT2D eigenvalue weighted by molar-refractivity contribution is 0.399. The van der Waals surface area contributed by atoms with E-state index >= 15 is 0 Å². The van der Waals surface area contributed by atoms with Crippen molar-refractivity contribution in [3.05, 3.63) is 0 Å². The molecule has 0 aromatic heterocycles. The average Bonchev–Trinajstić information content (AvgIpc) is 2.05. The number of halogens is 1. The van der Waals surface area contributed by atoms with Crippen LogP contribution in [0.2, 0.25) is 0 Å². The molecule has 1 aliphatic carbocycles. The molecule has 2 heteroatoms. The number of rotatable bonds is 1. The predicted molar refractivity (Wildman–Crippen MR) is 54.1 cm³/mol. The van der Waals surface area contributed by atoms with Crippen LogP contribution in [0.1, 0.15) is 44.9 Å². The summed E-state index contributed by atoms with van der Waals surface area (Å²) in [4.78, 5) is 0.595. The minimum atomic E-state index is 0.595. The highest BCUT2D eigenvalue weighted by molar-refractivity contribution is 9.09. The third-order valence-electron chi connectivity index (χ3n) is 2.67. The number of hydrogen-bond acceptors (Lipinski definition) is 1. The van der Waals surface area contributed by atoms with Crippen LogP contribution >= 0.6 is 15.9 Å². The molecule has 0 aromatic carbocycles. The molecule has 12 heavy (non-hydrogen) atoms. The van der Waals surface area contributed by atoms with Gasteiger partial charge in [0.1, 0.15) is 0 Å². The Bertz CT molecular complexity index is 162. The third-order valence-corrected chi connectivity index (χ3v) is 3.88. The van der Waals surface area contributed by atoms with Gasteiger partial charge in [0.2, 0.25) is 0 Å². The molecule has 2 atom stereocenters. The highest BCUT2D eigenvalue weighted by Crippen LogP contribution is 2.29. The molecule has 0 radical (unpaired) electrons. The molecule has 1 rings (SSSR count). The molecule has 0 aliphatic heterocycles. The van der Waals surface area contributed by atoms with Crippen LogP contribution in [0, 0.1) is 17.2 Å². The highest BCUT2D eigenvalue weighted by Gasteiger charge is 2.19. The van der Waals surface area contributed by atoms with Crippen LogP contribution in [0.25, 0.3) is 0 Å². The van der Waals surface area contributed by atoms with Crippen LogP contribution in [0.3, 0.4) is 0 Å². The fraction of sp³-hybridized carbons (Fsp3) is 0.900. The third kappa shape index (κ3) is 3.15. The van der Waals surface area contributed by atoms with Gasteiger partial charge in [0.25, 0.3) is 0 Å². The smallest absolute Gasteiger partial charge is 0.0625 e. The molecule has 0 N–H and O–H groups in total. The Morgan fingerprint density at radius 1 is 1.17 bits per heavy atom. The van der Waals surface area contributed by atoms with Crippen molar-refractivity contribution in [2.24, 2.45) is 5.92 Å². The second-order valence-electron chi connectivity index (χ2n) is 3.63. The van der Waals surface area contributed by atoms with Gasteiger partial charge in [0.05, 0.1) is 6.07 Å². The van der Waals surface area contributed by atoms with Crippen molar-refractivity contribution < 1.29 is 0 Å². The summed E-state index contributed by atoms with van der Waals surface area (Å²) < 4.78 is 0. The molecule has 1 aliphatic rings. The van der Waals surface area contributed by atoms with Crippen LogP contribution in [0.4, 0.5) is 0 Å². The van der Waals surface area contributed by atoms with E-state index in [2.05, 4.69) is 22.0 Å². The molecule has 1 fully saturated rings. The summed E-state index contributed by atoms with van der Waals surface area (Å²) in [5, 5.41) is 8.63. The van der Waals surface area contributed by atoms with Gasteiger partial charge in [0.15, 0.2) is 0 Å². The molecule has 0 spiro atoms. The first-order chi connectivity index (χ1) is 5.84. The summed E-state index contributed by atoms with van der Waals surface area (Å²) in [6.07, 6.45) is 8.61. The maximum absolute atomic E-state index is 8.63. The topological polar surface area (TPSA) is 23.8 Å². The normalized spacial score (nSPS) is 31.7. The first-order valence-corrected chi connectivity index (χ1v) is 5.77. The van der Waals surface area contributed by atoms with E-state index in [1.54, 1.807) is 0 Å². The zero-order chi connectivity index (χ0) is 8.81. The van der Waals surface area contributed by atoms with Crippen LogP contribution in [-0.2, 0) is 0 Å². The second kappa shape index (κ2) is 5.59. The predicted octanol–water partition coefficient (Wildman–Crippen LogP) is 3.63. The molecule has 68 valence electrons. The summed E-state index contributed by atoms with van der Waals surface area (Å²) in [6, 6.07) is 2.29. The summed E-state index contributed by atoms with van der Waals surface area (Å²) in [5.74, 6) is 0.607. The van der Waals surface area contributed by atoms with Gasteiger partial charge in [-0.05, 0) is 18.8 Å². The maximum Gasteiger partial charge on any atom is 0.0625 e. The van der Waals surface area contributed by atoms with Gasteiger partial charge in [-0.3, -0.25) is 0 Å². The summed E-state index contributed by atoms with van der Waals surface area (Å²) in [7, 11) is 0. The van der Waals surface area contributed by atoms with Crippen molar-refractivity contribution in [1.29, 1.82) is 5.26 Å². The van der Waals surface area contributed by atoms with Crippen LogP contribution in [0.15, 0.2) is 0 Å². The van der Waals surface area contributed by atoms with Gasteiger partial charge in [-0.25, -0.2) is 0 Å². The fourth-order valence-corrected chi connectivity index (χ4v) is 2.64. The Morgan fingerprint density at radius 3 is 2.50 bits per heavy atom. The van der Waals surface area contributed by atoms with Gasteiger partial charge >= 0.3 is 0 Å². The molecule has 0 aromatic rings. The average molecular weight is 230 g/mol. The van der Waals surface area contributed by atoms with Gasteiger partial charge in [-0.15, -0.1) is 0 Å². The minimum Gasteiger partial charge on any atom is -0.198 e. The number of nitrogens with zero attached hydrogens (tertiary/aromatic N) is 1. The number of alkyl halides is 1. The van der Waals surface area contributed by atoms with E-state index in [9.17, 15) is 0 Å². The van der Waals surface area contributed by atoms with E-state index < -0.39 is 0 Å². The Labute approximate surface area is 83.3 Å². The molecule has 0 heterocycles. The lowest BCUT2D eigenvalue weighted by Gasteiger charge is -2.22. The number of hydrogen-bond donors (Lipinski definition) is 0. The van der Waals surface area contributed by atoms with E-state index in [-0.39, 0.29) is 0 Å². The fourth-order valence-electron chi connectivity index (χ4n) is 1.86. The van der Waals surface area contributed by atoms with Crippen molar-refractivity contribution in [2.45, 2.75) is 49.8 Å². The first kappa shape index (κ1) is 10.1. The first-order valence-electron chi connectivity index (χ1n) is 4.85.